The molecule has 0 atom stereocenters. The van der Waals surface area contributed by atoms with Crippen LogP contribution in [0.4, 0.5) is 0 Å². The number of carbonyl (C=O) groups excluding carboxylic acids is 1. The number of nitrogens with one attached hydrogen (secondary N) is 1. The van der Waals surface area contributed by atoms with E-state index in [4.69, 9.17) is 16.3 Å². The minimum Gasteiger partial charge on any atom is -0.456 e. The Hall–Kier alpha value is -1.06. The third-order valence-corrected chi connectivity index (χ3v) is 2.98. The zero-order valence-electron chi connectivity index (χ0n) is 10.3. The summed E-state index contributed by atoms with van der Waals surface area (Å²) in [7, 11) is 0. The Labute approximate surface area is 107 Å². The number of likely N-dealkylation sites (N-methyl/N-ethyl adjacent to an activating group) is 1. The standard InChI is InChI=1S/C13H18ClNO2/c1-3-15(4-2)8-9-17-13(16)11-6-5-7-12(14)10-11/h5-7,10H,3-4,8-9H2,1-2H3/p+1. The summed E-state index contributed by atoms with van der Waals surface area (Å²) >= 11 is 5.81. The SMILES string of the molecule is CC[NH+](CC)CCOC(=O)c1cccc(Cl)c1. The Kier molecular flexibility index (Phi) is 6.01. The zero-order valence-corrected chi connectivity index (χ0v) is 11.1. The molecule has 0 saturated heterocycles. The highest BCUT2D eigenvalue weighted by molar-refractivity contribution is 6.30. The van der Waals surface area contributed by atoms with Gasteiger partial charge in [-0.1, -0.05) is 17.7 Å². The average molecular weight is 257 g/mol. The number of hydrogen-bond donors (Lipinski definition) is 1. The van der Waals surface area contributed by atoms with Crippen molar-refractivity contribution in [1.82, 2.24) is 0 Å². The fourth-order valence-electron chi connectivity index (χ4n) is 1.59. The molecular formula is C13H19ClNO2+. The minimum absolute atomic E-state index is 0.306. The molecule has 3 nitrogen and oxygen atoms in total. The van der Waals surface area contributed by atoms with Gasteiger partial charge in [-0.15, -0.1) is 0 Å². The summed E-state index contributed by atoms with van der Waals surface area (Å²) < 4.78 is 5.20. The summed E-state index contributed by atoms with van der Waals surface area (Å²) in [4.78, 5) is 13.1. The van der Waals surface area contributed by atoms with E-state index >= 15 is 0 Å². The quantitative estimate of drug-likeness (QED) is 0.781. The number of carbonyl (C=O) groups is 1. The van der Waals surface area contributed by atoms with Gasteiger partial charge in [0.15, 0.2) is 0 Å². The van der Waals surface area contributed by atoms with Gasteiger partial charge in [0.1, 0.15) is 13.2 Å². The summed E-state index contributed by atoms with van der Waals surface area (Å²) in [6.07, 6.45) is 0. The van der Waals surface area contributed by atoms with Crippen LogP contribution in [0.25, 0.3) is 0 Å². The highest BCUT2D eigenvalue weighted by Gasteiger charge is 2.09. The molecule has 0 radical (unpaired) electrons. The van der Waals surface area contributed by atoms with Gasteiger partial charge in [-0.3, -0.25) is 0 Å². The highest BCUT2D eigenvalue weighted by atomic mass is 35.5. The van der Waals surface area contributed by atoms with Gasteiger partial charge < -0.3 is 9.64 Å². The smallest absolute Gasteiger partial charge is 0.338 e. The maximum atomic E-state index is 11.7. The topological polar surface area (TPSA) is 30.7 Å². The molecule has 0 aliphatic carbocycles. The molecule has 0 aromatic heterocycles. The van der Waals surface area contributed by atoms with Gasteiger partial charge in [-0.2, -0.15) is 0 Å². The van der Waals surface area contributed by atoms with Crippen molar-refractivity contribution in [3.63, 3.8) is 0 Å². The van der Waals surface area contributed by atoms with Crippen LogP contribution in [0.15, 0.2) is 24.3 Å². The van der Waals surface area contributed by atoms with Crippen LogP contribution >= 0.6 is 11.6 Å². The van der Waals surface area contributed by atoms with Crippen LogP contribution in [0.3, 0.4) is 0 Å². The van der Waals surface area contributed by atoms with Gasteiger partial charge in [0.2, 0.25) is 0 Å². The Balaban J connectivity index is 2.40. The van der Waals surface area contributed by atoms with Crippen LogP contribution in [0.2, 0.25) is 5.02 Å². The third kappa shape index (κ3) is 4.75. The molecule has 0 bridgehead atoms. The maximum absolute atomic E-state index is 11.7. The molecule has 0 spiro atoms. The van der Waals surface area contributed by atoms with E-state index in [1.807, 2.05) is 0 Å². The predicted molar refractivity (Wildman–Crippen MR) is 68.6 cm³/mol. The predicted octanol–water partition coefficient (Wildman–Crippen LogP) is 1.42. The van der Waals surface area contributed by atoms with Crippen molar-refractivity contribution < 1.29 is 14.4 Å². The molecule has 0 unspecified atom stereocenters. The van der Waals surface area contributed by atoms with Crippen LogP contribution in [-0.2, 0) is 4.74 Å². The molecule has 1 aromatic carbocycles. The Morgan fingerprint density at radius 1 is 1.35 bits per heavy atom. The van der Waals surface area contributed by atoms with Gasteiger partial charge in [0.25, 0.3) is 0 Å². The van der Waals surface area contributed by atoms with Crippen molar-refractivity contribution in [2.75, 3.05) is 26.2 Å². The highest BCUT2D eigenvalue weighted by Crippen LogP contribution is 2.11. The van der Waals surface area contributed by atoms with E-state index in [2.05, 4.69) is 13.8 Å². The van der Waals surface area contributed by atoms with E-state index in [1.54, 1.807) is 24.3 Å². The second kappa shape index (κ2) is 7.30. The Bertz CT molecular complexity index is 364. The van der Waals surface area contributed by atoms with Crippen molar-refractivity contribution in [2.45, 2.75) is 13.8 Å². The first-order valence-electron chi connectivity index (χ1n) is 5.93. The van der Waals surface area contributed by atoms with Gasteiger partial charge in [-0.05, 0) is 32.0 Å². The first-order chi connectivity index (χ1) is 8.17. The van der Waals surface area contributed by atoms with Crippen molar-refractivity contribution in [1.29, 1.82) is 0 Å². The Morgan fingerprint density at radius 2 is 2.06 bits per heavy atom. The summed E-state index contributed by atoms with van der Waals surface area (Å²) in [5.41, 5.74) is 0.507. The molecule has 0 saturated carbocycles. The summed E-state index contributed by atoms with van der Waals surface area (Å²) in [6, 6.07) is 6.81. The molecule has 0 amide bonds. The second-order valence-corrected chi connectivity index (χ2v) is 4.29. The number of benzene rings is 1. The van der Waals surface area contributed by atoms with E-state index in [-0.39, 0.29) is 5.97 Å². The molecule has 0 heterocycles. The number of ether oxygens (including phenoxy) is 1. The van der Waals surface area contributed by atoms with E-state index in [0.717, 1.165) is 19.6 Å². The van der Waals surface area contributed by atoms with Gasteiger partial charge in [0.05, 0.1) is 18.7 Å². The van der Waals surface area contributed by atoms with Gasteiger partial charge in [-0.25, -0.2) is 4.79 Å². The lowest BCUT2D eigenvalue weighted by atomic mass is 10.2. The van der Waals surface area contributed by atoms with Crippen molar-refractivity contribution in [2.24, 2.45) is 0 Å². The molecule has 94 valence electrons. The molecule has 0 aliphatic heterocycles. The van der Waals surface area contributed by atoms with E-state index in [0.29, 0.717) is 17.2 Å². The van der Waals surface area contributed by atoms with Crippen LogP contribution in [0.5, 0.6) is 0 Å². The molecule has 0 aliphatic rings. The molecular weight excluding hydrogens is 238 g/mol. The lowest BCUT2D eigenvalue weighted by molar-refractivity contribution is -0.896. The number of esters is 1. The molecule has 1 rings (SSSR count). The molecule has 4 heteroatoms. The normalized spacial score (nSPS) is 10.6. The van der Waals surface area contributed by atoms with Crippen LogP contribution in [0.1, 0.15) is 24.2 Å². The Morgan fingerprint density at radius 3 is 2.65 bits per heavy atom. The summed E-state index contributed by atoms with van der Waals surface area (Å²) in [5.74, 6) is -0.306. The molecule has 1 N–H and O–H groups in total. The first-order valence-corrected chi connectivity index (χ1v) is 6.31. The van der Waals surface area contributed by atoms with E-state index in [9.17, 15) is 4.79 Å². The lowest BCUT2D eigenvalue weighted by Crippen LogP contribution is -3.11. The van der Waals surface area contributed by atoms with Crippen LogP contribution in [-0.4, -0.2) is 32.2 Å². The molecule has 17 heavy (non-hydrogen) atoms. The minimum atomic E-state index is -0.306. The summed E-state index contributed by atoms with van der Waals surface area (Å²) in [6.45, 7) is 7.63. The molecule has 1 aromatic rings. The van der Waals surface area contributed by atoms with Crippen molar-refractivity contribution >= 4 is 17.6 Å². The fraction of sp³-hybridized carbons (Fsp3) is 0.462. The molecule has 0 fully saturated rings. The largest absolute Gasteiger partial charge is 0.456 e. The van der Waals surface area contributed by atoms with Gasteiger partial charge >= 0.3 is 5.97 Å². The van der Waals surface area contributed by atoms with Crippen LogP contribution in [0, 0.1) is 0 Å². The number of hydrogen-bond acceptors (Lipinski definition) is 2. The number of rotatable bonds is 6. The maximum Gasteiger partial charge on any atom is 0.338 e. The second-order valence-electron chi connectivity index (χ2n) is 3.85. The third-order valence-electron chi connectivity index (χ3n) is 2.75. The van der Waals surface area contributed by atoms with E-state index in [1.165, 1.54) is 4.90 Å². The van der Waals surface area contributed by atoms with Crippen molar-refractivity contribution in [3.8, 4) is 0 Å². The first kappa shape index (κ1) is 14.0. The number of halogens is 1. The lowest BCUT2D eigenvalue weighted by Gasteiger charge is -2.14. The zero-order chi connectivity index (χ0) is 12.7. The number of quaternary nitrogens is 1. The van der Waals surface area contributed by atoms with Gasteiger partial charge in [0, 0.05) is 5.02 Å². The van der Waals surface area contributed by atoms with E-state index < -0.39 is 0 Å². The fourth-order valence-corrected chi connectivity index (χ4v) is 1.78. The van der Waals surface area contributed by atoms with Crippen LogP contribution < -0.4 is 4.90 Å². The van der Waals surface area contributed by atoms with Crippen molar-refractivity contribution in [3.05, 3.63) is 34.9 Å². The average Bonchev–Trinajstić information content (AvgIpc) is 2.34. The monoisotopic (exact) mass is 256 g/mol. The summed E-state index contributed by atoms with van der Waals surface area (Å²) in [5, 5.41) is 0.550.